The van der Waals surface area contributed by atoms with Crippen molar-refractivity contribution in [3.63, 3.8) is 0 Å². The van der Waals surface area contributed by atoms with Crippen LogP contribution < -0.4 is 5.56 Å². The van der Waals surface area contributed by atoms with Crippen molar-refractivity contribution in [3.8, 4) is 11.3 Å². The van der Waals surface area contributed by atoms with E-state index in [1.165, 1.54) is 6.07 Å². The first-order valence-electron chi connectivity index (χ1n) is 7.62. The van der Waals surface area contributed by atoms with E-state index in [4.69, 9.17) is 5.11 Å². The summed E-state index contributed by atoms with van der Waals surface area (Å²) in [5, 5.41) is 13.6. The molecular weight excluding hydrogens is 351 g/mol. The standard InChI is InChI=1S/C17H14F3N3O3/c1-10-16(11-4-2-3-5-13(11)22(10)8-15(25)26)12-6-7-14(24)23(21-12)9-17(18,19)20/h2-7H,8-9H2,1H3,(H,25,26). The van der Waals surface area contributed by atoms with Crippen molar-refractivity contribution in [2.45, 2.75) is 26.2 Å². The summed E-state index contributed by atoms with van der Waals surface area (Å²) in [6.07, 6.45) is -4.58. The molecule has 0 saturated carbocycles. The second-order valence-corrected chi connectivity index (χ2v) is 5.79. The van der Waals surface area contributed by atoms with Gasteiger partial charge in [-0.3, -0.25) is 9.59 Å². The molecule has 136 valence electrons. The molecule has 0 aliphatic rings. The van der Waals surface area contributed by atoms with Gasteiger partial charge in [0.2, 0.25) is 0 Å². The fraction of sp³-hybridized carbons (Fsp3) is 0.235. The number of aliphatic carboxylic acids is 1. The van der Waals surface area contributed by atoms with Gasteiger partial charge in [0.25, 0.3) is 5.56 Å². The van der Waals surface area contributed by atoms with E-state index in [1.807, 2.05) is 0 Å². The van der Waals surface area contributed by atoms with E-state index in [9.17, 15) is 22.8 Å². The minimum absolute atomic E-state index is 0.173. The maximum Gasteiger partial charge on any atom is 0.408 e. The molecule has 1 aromatic carbocycles. The topological polar surface area (TPSA) is 77.1 Å². The van der Waals surface area contributed by atoms with Crippen LogP contribution in [0, 0.1) is 6.92 Å². The van der Waals surface area contributed by atoms with Gasteiger partial charge in [0, 0.05) is 28.2 Å². The van der Waals surface area contributed by atoms with Gasteiger partial charge in [0.1, 0.15) is 13.1 Å². The fourth-order valence-corrected chi connectivity index (χ4v) is 2.96. The highest BCUT2D eigenvalue weighted by Gasteiger charge is 2.29. The Hall–Kier alpha value is -3.10. The number of carboxylic acid groups (broad SMARTS) is 1. The highest BCUT2D eigenvalue weighted by Crippen LogP contribution is 2.33. The van der Waals surface area contributed by atoms with E-state index in [0.717, 1.165) is 6.07 Å². The summed E-state index contributed by atoms with van der Waals surface area (Å²) < 4.78 is 39.9. The Morgan fingerprint density at radius 1 is 1.19 bits per heavy atom. The number of hydrogen-bond donors (Lipinski definition) is 1. The van der Waals surface area contributed by atoms with Gasteiger partial charge in [-0.15, -0.1) is 0 Å². The molecule has 6 nitrogen and oxygen atoms in total. The molecule has 0 radical (unpaired) electrons. The van der Waals surface area contributed by atoms with Gasteiger partial charge in [-0.25, -0.2) is 4.68 Å². The first-order chi connectivity index (χ1) is 12.2. The van der Waals surface area contributed by atoms with E-state index in [0.29, 0.717) is 26.8 Å². The summed E-state index contributed by atoms with van der Waals surface area (Å²) >= 11 is 0. The molecule has 9 heteroatoms. The number of aromatic nitrogens is 3. The number of fused-ring (bicyclic) bond motifs is 1. The Kier molecular flexibility index (Phi) is 4.31. The third-order valence-corrected chi connectivity index (χ3v) is 3.98. The molecule has 2 aromatic heterocycles. The van der Waals surface area contributed by atoms with E-state index in [1.54, 1.807) is 35.8 Å². The van der Waals surface area contributed by atoms with Crippen LogP contribution in [0.5, 0.6) is 0 Å². The second-order valence-electron chi connectivity index (χ2n) is 5.79. The van der Waals surface area contributed by atoms with Gasteiger partial charge in [0.05, 0.1) is 5.69 Å². The number of alkyl halides is 3. The van der Waals surface area contributed by atoms with Crippen molar-refractivity contribution >= 4 is 16.9 Å². The third-order valence-electron chi connectivity index (χ3n) is 3.98. The number of nitrogens with zero attached hydrogens (tertiary/aromatic N) is 3. The van der Waals surface area contributed by atoms with Crippen molar-refractivity contribution < 1.29 is 23.1 Å². The summed E-state index contributed by atoms with van der Waals surface area (Å²) in [5.41, 5.74) is 0.971. The van der Waals surface area contributed by atoms with Crippen molar-refractivity contribution in [3.05, 3.63) is 52.4 Å². The largest absolute Gasteiger partial charge is 0.480 e. The Morgan fingerprint density at radius 2 is 1.88 bits per heavy atom. The number of para-hydroxylation sites is 1. The molecule has 0 fully saturated rings. The predicted octanol–water partition coefficient (Wildman–Crippen LogP) is 2.82. The summed E-state index contributed by atoms with van der Waals surface area (Å²) in [4.78, 5) is 22.9. The van der Waals surface area contributed by atoms with Gasteiger partial charge in [-0.05, 0) is 19.1 Å². The van der Waals surface area contributed by atoms with Crippen LogP contribution >= 0.6 is 0 Å². The lowest BCUT2D eigenvalue weighted by Gasteiger charge is -2.10. The zero-order valence-electron chi connectivity index (χ0n) is 13.6. The number of rotatable bonds is 4. The van der Waals surface area contributed by atoms with Crippen LogP contribution in [0.15, 0.2) is 41.2 Å². The minimum Gasteiger partial charge on any atom is -0.480 e. The van der Waals surface area contributed by atoms with E-state index in [2.05, 4.69) is 5.10 Å². The molecular formula is C17H14F3N3O3. The van der Waals surface area contributed by atoms with Crippen LogP contribution in [0.2, 0.25) is 0 Å². The van der Waals surface area contributed by atoms with Crippen LogP contribution in [0.1, 0.15) is 5.69 Å². The van der Waals surface area contributed by atoms with Gasteiger partial charge in [0.15, 0.2) is 0 Å². The number of hydrogen-bond acceptors (Lipinski definition) is 3. The van der Waals surface area contributed by atoms with Crippen LogP contribution in [0.25, 0.3) is 22.2 Å². The van der Waals surface area contributed by atoms with E-state index < -0.39 is 24.2 Å². The average Bonchev–Trinajstić information content (AvgIpc) is 2.81. The smallest absolute Gasteiger partial charge is 0.408 e. The quantitative estimate of drug-likeness (QED) is 0.771. The Morgan fingerprint density at radius 3 is 2.54 bits per heavy atom. The van der Waals surface area contributed by atoms with Crippen molar-refractivity contribution in [2.24, 2.45) is 0 Å². The first-order valence-corrected chi connectivity index (χ1v) is 7.62. The summed E-state index contributed by atoms with van der Waals surface area (Å²) in [6.45, 7) is -0.125. The molecule has 26 heavy (non-hydrogen) atoms. The van der Waals surface area contributed by atoms with Gasteiger partial charge < -0.3 is 9.67 Å². The molecule has 0 amide bonds. The molecule has 0 unspecified atom stereocenters. The summed E-state index contributed by atoms with van der Waals surface area (Å²) in [5.74, 6) is -1.05. The molecule has 0 atom stereocenters. The highest BCUT2D eigenvalue weighted by molar-refractivity contribution is 5.97. The number of carbonyl (C=O) groups is 1. The lowest BCUT2D eigenvalue weighted by Crippen LogP contribution is -2.29. The van der Waals surface area contributed by atoms with Crippen LogP contribution in [-0.4, -0.2) is 31.6 Å². The van der Waals surface area contributed by atoms with Crippen LogP contribution in [0.3, 0.4) is 0 Å². The lowest BCUT2D eigenvalue weighted by atomic mass is 10.1. The Balaban J connectivity index is 2.23. The monoisotopic (exact) mass is 365 g/mol. The molecule has 2 heterocycles. The normalized spacial score (nSPS) is 11.8. The Labute approximate surface area is 145 Å². The summed E-state index contributed by atoms with van der Waals surface area (Å²) in [6, 6.07) is 9.30. The second kappa shape index (κ2) is 6.32. The molecule has 1 N–H and O–H groups in total. The molecule has 3 aromatic rings. The zero-order valence-corrected chi connectivity index (χ0v) is 13.6. The lowest BCUT2D eigenvalue weighted by molar-refractivity contribution is -0.143. The van der Waals surface area contributed by atoms with Crippen molar-refractivity contribution in [2.75, 3.05) is 0 Å². The maximum absolute atomic E-state index is 12.7. The summed E-state index contributed by atoms with van der Waals surface area (Å²) in [7, 11) is 0. The van der Waals surface area contributed by atoms with Crippen LogP contribution in [-0.2, 0) is 17.9 Å². The molecule has 0 aliphatic heterocycles. The number of benzene rings is 1. The SMILES string of the molecule is Cc1c(-c2ccc(=O)n(CC(F)(F)F)n2)c2ccccc2n1CC(=O)O. The molecule has 0 bridgehead atoms. The first kappa shape index (κ1) is 17.7. The zero-order chi connectivity index (χ0) is 19.1. The van der Waals surface area contributed by atoms with Crippen LogP contribution in [0.4, 0.5) is 13.2 Å². The molecule has 3 rings (SSSR count). The Bertz CT molecular complexity index is 1050. The highest BCUT2D eigenvalue weighted by atomic mass is 19.4. The van der Waals surface area contributed by atoms with Gasteiger partial charge in [-0.2, -0.15) is 18.3 Å². The number of halogens is 3. The van der Waals surface area contributed by atoms with Gasteiger partial charge >= 0.3 is 12.1 Å². The van der Waals surface area contributed by atoms with Gasteiger partial charge in [-0.1, -0.05) is 18.2 Å². The molecule has 0 aliphatic carbocycles. The predicted molar refractivity (Wildman–Crippen MR) is 87.9 cm³/mol. The number of carboxylic acids is 1. The van der Waals surface area contributed by atoms with E-state index in [-0.39, 0.29) is 12.2 Å². The fourth-order valence-electron chi connectivity index (χ4n) is 2.96. The minimum atomic E-state index is -4.58. The third kappa shape index (κ3) is 3.32. The molecule has 0 spiro atoms. The van der Waals surface area contributed by atoms with Crippen molar-refractivity contribution in [1.82, 2.24) is 14.3 Å². The van der Waals surface area contributed by atoms with Crippen molar-refractivity contribution in [1.29, 1.82) is 0 Å². The molecule has 0 saturated heterocycles. The average molecular weight is 365 g/mol. The van der Waals surface area contributed by atoms with E-state index >= 15 is 0 Å². The maximum atomic E-state index is 12.7.